The number of rotatable bonds is 9. The average Bonchev–Trinajstić information content (AvgIpc) is 2.54. The van der Waals surface area contributed by atoms with Crippen LogP contribution in [0.4, 0.5) is 0 Å². The zero-order chi connectivity index (χ0) is 20.1. The van der Waals surface area contributed by atoms with Gasteiger partial charge in [-0.15, -0.1) is 0 Å². The number of carboxylic acid groups (broad SMARTS) is 1. The third kappa shape index (κ3) is 5.28. The number of carbonyl (C=O) groups excluding carboxylic acids is 1. The van der Waals surface area contributed by atoms with Crippen molar-refractivity contribution < 1.29 is 23.1 Å². The van der Waals surface area contributed by atoms with Crippen LogP contribution in [0.1, 0.15) is 50.0 Å². The molecule has 1 aromatic carbocycles. The molecule has 1 aromatic rings. The summed E-state index contributed by atoms with van der Waals surface area (Å²) in [6, 6.07) is 3.31. The van der Waals surface area contributed by atoms with Gasteiger partial charge in [-0.05, 0) is 37.0 Å². The lowest BCUT2D eigenvalue weighted by Gasteiger charge is -2.20. The fourth-order valence-electron chi connectivity index (χ4n) is 2.65. The molecule has 0 heterocycles. The van der Waals surface area contributed by atoms with Gasteiger partial charge in [-0.3, -0.25) is 4.79 Å². The Morgan fingerprint density at radius 3 is 2.23 bits per heavy atom. The van der Waals surface area contributed by atoms with Crippen LogP contribution in [-0.4, -0.2) is 48.8 Å². The first-order valence-corrected chi connectivity index (χ1v) is 10.1. The van der Waals surface area contributed by atoms with Gasteiger partial charge in [0, 0.05) is 18.7 Å². The van der Waals surface area contributed by atoms with Crippen LogP contribution in [-0.2, 0) is 14.8 Å². The van der Waals surface area contributed by atoms with Crippen LogP contribution in [0.25, 0.3) is 0 Å². The summed E-state index contributed by atoms with van der Waals surface area (Å²) in [6.45, 7) is 9.54. The molecule has 0 spiro atoms. The van der Waals surface area contributed by atoms with Crippen molar-refractivity contribution in [1.82, 2.24) is 9.62 Å². The highest BCUT2D eigenvalue weighted by Crippen LogP contribution is 2.20. The summed E-state index contributed by atoms with van der Waals surface area (Å²) < 4.78 is 26.6. The Morgan fingerprint density at radius 1 is 1.19 bits per heavy atom. The van der Waals surface area contributed by atoms with Gasteiger partial charge >= 0.3 is 5.97 Å². The Kier molecular flexibility index (Phi) is 7.77. The lowest BCUT2D eigenvalue weighted by molar-refractivity contribution is -0.139. The number of aryl methyl sites for hydroxylation is 1. The average molecular weight is 384 g/mol. The number of aliphatic carboxylic acids is 1. The first kappa shape index (κ1) is 22.1. The predicted octanol–water partition coefficient (Wildman–Crippen LogP) is 2.25. The van der Waals surface area contributed by atoms with Crippen molar-refractivity contribution in [1.29, 1.82) is 0 Å². The van der Waals surface area contributed by atoms with Crippen LogP contribution in [0.3, 0.4) is 0 Å². The Hall–Kier alpha value is -1.93. The normalized spacial score (nSPS) is 13.0. The molecule has 0 saturated carbocycles. The number of hydrogen-bond acceptors (Lipinski definition) is 4. The summed E-state index contributed by atoms with van der Waals surface area (Å²) >= 11 is 0. The van der Waals surface area contributed by atoms with E-state index < -0.39 is 27.9 Å². The highest BCUT2D eigenvalue weighted by atomic mass is 32.2. The Bertz CT molecular complexity index is 755. The Labute approximate surface area is 155 Å². The fraction of sp³-hybridized carbons (Fsp3) is 0.556. The van der Waals surface area contributed by atoms with E-state index in [2.05, 4.69) is 5.32 Å². The maximum Gasteiger partial charge on any atom is 0.326 e. The van der Waals surface area contributed by atoms with Gasteiger partial charge in [0.05, 0.1) is 4.90 Å². The number of carboxylic acids is 1. The predicted molar refractivity (Wildman–Crippen MR) is 99.6 cm³/mol. The molecule has 1 rings (SSSR count). The van der Waals surface area contributed by atoms with E-state index in [4.69, 9.17) is 0 Å². The minimum atomic E-state index is -3.70. The monoisotopic (exact) mass is 384 g/mol. The molecule has 1 atom stereocenters. The molecule has 7 nitrogen and oxygen atoms in total. The second-order valence-corrected chi connectivity index (χ2v) is 8.50. The number of nitrogens with one attached hydrogen (secondary N) is 1. The van der Waals surface area contributed by atoms with E-state index in [0.29, 0.717) is 18.7 Å². The largest absolute Gasteiger partial charge is 0.480 e. The topological polar surface area (TPSA) is 104 Å². The van der Waals surface area contributed by atoms with Crippen LogP contribution in [0, 0.1) is 12.8 Å². The van der Waals surface area contributed by atoms with Gasteiger partial charge in [-0.2, -0.15) is 4.31 Å². The first-order chi connectivity index (χ1) is 12.0. The second kappa shape index (κ2) is 9.14. The van der Waals surface area contributed by atoms with Crippen LogP contribution >= 0.6 is 0 Å². The van der Waals surface area contributed by atoms with E-state index in [-0.39, 0.29) is 22.8 Å². The number of nitrogens with zero attached hydrogens (tertiary/aromatic N) is 1. The van der Waals surface area contributed by atoms with Crippen molar-refractivity contribution in [3.8, 4) is 0 Å². The molecule has 0 radical (unpaired) electrons. The summed E-state index contributed by atoms with van der Waals surface area (Å²) in [5.74, 6) is -1.62. The molecule has 0 saturated heterocycles. The maximum absolute atomic E-state index is 12.7. The number of carbonyl (C=O) groups is 2. The molecule has 0 bridgehead atoms. The zero-order valence-electron chi connectivity index (χ0n) is 15.9. The van der Waals surface area contributed by atoms with Crippen molar-refractivity contribution in [2.45, 2.75) is 52.0 Å². The summed E-state index contributed by atoms with van der Waals surface area (Å²) in [6.07, 6.45) is 0.289. The van der Waals surface area contributed by atoms with Gasteiger partial charge < -0.3 is 10.4 Å². The summed E-state index contributed by atoms with van der Waals surface area (Å²) in [4.78, 5) is 24.0. The SMILES string of the molecule is CCN(CC)S(=O)(=O)c1ccc(C)c(C(=O)NC(CC(C)C)C(=O)O)c1. The quantitative estimate of drug-likeness (QED) is 0.680. The lowest BCUT2D eigenvalue weighted by Crippen LogP contribution is -2.42. The van der Waals surface area contributed by atoms with Crippen molar-refractivity contribution in [3.05, 3.63) is 29.3 Å². The van der Waals surface area contributed by atoms with Crippen molar-refractivity contribution in [2.24, 2.45) is 5.92 Å². The van der Waals surface area contributed by atoms with E-state index in [1.165, 1.54) is 16.4 Å². The minimum Gasteiger partial charge on any atom is -0.480 e. The molecule has 8 heteroatoms. The molecular formula is C18H28N2O5S. The van der Waals surface area contributed by atoms with E-state index in [1.54, 1.807) is 26.8 Å². The Morgan fingerprint density at radius 2 is 1.77 bits per heavy atom. The van der Waals surface area contributed by atoms with Gasteiger partial charge in [0.15, 0.2) is 0 Å². The third-order valence-electron chi connectivity index (χ3n) is 4.11. The number of benzene rings is 1. The molecule has 0 aromatic heterocycles. The van der Waals surface area contributed by atoms with E-state index in [9.17, 15) is 23.1 Å². The molecule has 1 amide bonds. The van der Waals surface area contributed by atoms with Gasteiger partial charge in [0.2, 0.25) is 10.0 Å². The van der Waals surface area contributed by atoms with Crippen molar-refractivity contribution >= 4 is 21.9 Å². The van der Waals surface area contributed by atoms with E-state index >= 15 is 0 Å². The van der Waals surface area contributed by atoms with Crippen LogP contribution in [0.15, 0.2) is 23.1 Å². The van der Waals surface area contributed by atoms with Crippen molar-refractivity contribution in [3.63, 3.8) is 0 Å². The van der Waals surface area contributed by atoms with Crippen LogP contribution in [0.5, 0.6) is 0 Å². The molecule has 146 valence electrons. The minimum absolute atomic E-state index is 0.0210. The molecule has 26 heavy (non-hydrogen) atoms. The number of amides is 1. The zero-order valence-corrected chi connectivity index (χ0v) is 16.8. The molecule has 2 N–H and O–H groups in total. The summed E-state index contributed by atoms with van der Waals surface area (Å²) in [5.41, 5.74) is 0.739. The molecule has 0 fully saturated rings. The van der Waals surface area contributed by atoms with Gasteiger partial charge in [0.1, 0.15) is 6.04 Å². The fourth-order valence-corrected chi connectivity index (χ4v) is 4.13. The van der Waals surface area contributed by atoms with Gasteiger partial charge in [0.25, 0.3) is 5.91 Å². The Balaban J connectivity index is 3.21. The number of hydrogen-bond donors (Lipinski definition) is 2. The molecule has 0 aliphatic rings. The van der Waals surface area contributed by atoms with Gasteiger partial charge in [-0.25, -0.2) is 13.2 Å². The molecule has 1 unspecified atom stereocenters. The second-order valence-electron chi connectivity index (χ2n) is 6.56. The van der Waals surface area contributed by atoms with E-state index in [0.717, 1.165) is 0 Å². The summed E-state index contributed by atoms with van der Waals surface area (Å²) in [7, 11) is -3.70. The number of sulfonamides is 1. The highest BCUT2D eigenvalue weighted by molar-refractivity contribution is 7.89. The first-order valence-electron chi connectivity index (χ1n) is 8.69. The smallest absolute Gasteiger partial charge is 0.326 e. The van der Waals surface area contributed by atoms with Crippen molar-refractivity contribution in [2.75, 3.05) is 13.1 Å². The lowest BCUT2D eigenvalue weighted by atomic mass is 10.0. The standard InChI is InChI=1S/C18H28N2O5S/c1-6-20(7-2)26(24,25)14-9-8-13(5)15(11-14)17(21)19-16(18(22)23)10-12(3)4/h8-9,11-12,16H,6-7,10H2,1-5H3,(H,19,21)(H,22,23). The van der Waals surface area contributed by atoms with Crippen LogP contribution in [0.2, 0.25) is 0 Å². The molecule has 0 aliphatic carbocycles. The highest BCUT2D eigenvalue weighted by Gasteiger charge is 2.26. The third-order valence-corrected chi connectivity index (χ3v) is 6.15. The maximum atomic E-state index is 12.7. The van der Waals surface area contributed by atoms with Crippen LogP contribution < -0.4 is 5.32 Å². The summed E-state index contributed by atoms with van der Waals surface area (Å²) in [5, 5.41) is 11.8. The van der Waals surface area contributed by atoms with Gasteiger partial charge in [-0.1, -0.05) is 33.8 Å². The molecular weight excluding hydrogens is 356 g/mol. The van der Waals surface area contributed by atoms with E-state index in [1.807, 2.05) is 13.8 Å². The molecule has 0 aliphatic heterocycles.